The Balaban J connectivity index is 1.75. The van der Waals surface area contributed by atoms with E-state index in [0.29, 0.717) is 30.3 Å². The molecule has 0 unspecified atom stereocenters. The third-order valence-electron chi connectivity index (χ3n) is 4.37. The van der Waals surface area contributed by atoms with Gasteiger partial charge < -0.3 is 10.1 Å². The maximum Gasteiger partial charge on any atom is 0.243 e. The molecule has 0 saturated carbocycles. The lowest BCUT2D eigenvalue weighted by molar-refractivity contribution is -0.115. The zero-order chi connectivity index (χ0) is 19.4. The fourth-order valence-corrected chi connectivity index (χ4v) is 4.38. The van der Waals surface area contributed by atoms with Gasteiger partial charge in [-0.1, -0.05) is 30.7 Å². The van der Waals surface area contributed by atoms with Crippen LogP contribution in [0.1, 0.15) is 25.0 Å². The van der Waals surface area contributed by atoms with E-state index in [1.54, 1.807) is 31.2 Å². The molecule has 144 valence electrons. The molecule has 27 heavy (non-hydrogen) atoms. The largest absolute Gasteiger partial charge is 0.371 e. The van der Waals surface area contributed by atoms with Crippen LogP contribution >= 0.6 is 11.6 Å². The van der Waals surface area contributed by atoms with E-state index in [1.165, 1.54) is 16.4 Å². The van der Waals surface area contributed by atoms with E-state index in [1.807, 2.05) is 12.1 Å². The van der Waals surface area contributed by atoms with Crippen LogP contribution in [0, 0.1) is 0 Å². The number of benzene rings is 2. The van der Waals surface area contributed by atoms with E-state index in [0.717, 1.165) is 5.56 Å². The van der Waals surface area contributed by atoms with Gasteiger partial charge in [0.05, 0.1) is 17.6 Å². The number of hydrogen-bond acceptors (Lipinski definition) is 4. The van der Waals surface area contributed by atoms with Gasteiger partial charge in [-0.2, -0.15) is 4.31 Å². The van der Waals surface area contributed by atoms with Gasteiger partial charge in [-0.05, 0) is 42.0 Å². The summed E-state index contributed by atoms with van der Waals surface area (Å²) in [7, 11) is -3.65. The Labute approximate surface area is 164 Å². The summed E-state index contributed by atoms with van der Waals surface area (Å²) in [5, 5.41) is 3.32. The number of hydrogen-bond donors (Lipinski definition) is 1. The quantitative estimate of drug-likeness (QED) is 0.822. The second-order valence-corrected chi connectivity index (χ2v) is 8.57. The van der Waals surface area contributed by atoms with E-state index in [2.05, 4.69) is 5.32 Å². The molecule has 1 amide bonds. The van der Waals surface area contributed by atoms with Gasteiger partial charge in [-0.3, -0.25) is 4.79 Å². The summed E-state index contributed by atoms with van der Waals surface area (Å²) in [6, 6.07) is 13.4. The van der Waals surface area contributed by atoms with Crippen molar-refractivity contribution in [2.75, 3.05) is 25.0 Å². The third-order valence-corrected chi connectivity index (χ3v) is 6.50. The van der Waals surface area contributed by atoms with Gasteiger partial charge in [0.25, 0.3) is 0 Å². The Morgan fingerprint density at radius 1 is 1.19 bits per heavy atom. The number of morpholine rings is 1. The molecule has 1 aliphatic heterocycles. The second-order valence-electron chi connectivity index (χ2n) is 6.20. The number of amides is 1. The molecule has 2 aromatic carbocycles. The molecule has 1 atom stereocenters. The summed E-state index contributed by atoms with van der Waals surface area (Å²) in [5.41, 5.74) is 1.46. The van der Waals surface area contributed by atoms with E-state index in [4.69, 9.17) is 16.3 Å². The van der Waals surface area contributed by atoms with Crippen LogP contribution in [-0.2, 0) is 19.6 Å². The van der Waals surface area contributed by atoms with E-state index in [-0.39, 0.29) is 23.5 Å². The Morgan fingerprint density at radius 3 is 2.48 bits per heavy atom. The molecule has 3 rings (SSSR count). The highest BCUT2D eigenvalue weighted by Crippen LogP contribution is 2.27. The van der Waals surface area contributed by atoms with Crippen molar-refractivity contribution in [3.05, 3.63) is 59.1 Å². The average Bonchev–Trinajstić information content (AvgIpc) is 2.69. The maximum absolute atomic E-state index is 13.0. The van der Waals surface area contributed by atoms with E-state index in [9.17, 15) is 13.2 Å². The van der Waals surface area contributed by atoms with Gasteiger partial charge in [0.15, 0.2) is 0 Å². The number of carbonyl (C=O) groups excluding carboxylic acids is 1. The lowest BCUT2D eigenvalue weighted by Crippen LogP contribution is -2.42. The lowest BCUT2D eigenvalue weighted by Gasteiger charge is -2.32. The van der Waals surface area contributed by atoms with Crippen molar-refractivity contribution in [3.63, 3.8) is 0 Å². The smallest absolute Gasteiger partial charge is 0.243 e. The average molecular weight is 409 g/mol. The highest BCUT2D eigenvalue weighted by molar-refractivity contribution is 7.89. The number of sulfonamides is 1. The number of carbonyl (C=O) groups is 1. The molecular formula is C19H21ClN2O4S. The minimum atomic E-state index is -3.65. The van der Waals surface area contributed by atoms with Crippen molar-refractivity contribution in [3.8, 4) is 0 Å². The molecule has 1 heterocycles. The maximum atomic E-state index is 13.0. The predicted molar refractivity (Wildman–Crippen MR) is 104 cm³/mol. The predicted octanol–water partition coefficient (Wildman–Crippen LogP) is 3.45. The van der Waals surface area contributed by atoms with Crippen LogP contribution in [0.5, 0.6) is 0 Å². The van der Waals surface area contributed by atoms with Gasteiger partial charge in [0.1, 0.15) is 0 Å². The van der Waals surface area contributed by atoms with Gasteiger partial charge in [0.2, 0.25) is 15.9 Å². The number of halogens is 1. The number of rotatable bonds is 5. The van der Waals surface area contributed by atoms with Crippen LogP contribution in [0.2, 0.25) is 5.02 Å². The normalized spacial score (nSPS) is 18.2. The Bertz CT molecular complexity index is 898. The summed E-state index contributed by atoms with van der Waals surface area (Å²) >= 11 is 5.91. The van der Waals surface area contributed by atoms with Crippen molar-refractivity contribution < 1.29 is 17.9 Å². The summed E-state index contributed by atoms with van der Waals surface area (Å²) in [4.78, 5) is 11.6. The van der Waals surface area contributed by atoms with Crippen LogP contribution in [0.4, 0.5) is 5.69 Å². The number of ether oxygens (including phenoxy) is 1. The first kappa shape index (κ1) is 19.8. The van der Waals surface area contributed by atoms with Crippen molar-refractivity contribution in [2.45, 2.75) is 24.3 Å². The van der Waals surface area contributed by atoms with Gasteiger partial charge in [0, 0.05) is 30.2 Å². The first-order chi connectivity index (χ1) is 12.9. The number of nitrogens with one attached hydrogen (secondary N) is 1. The molecule has 1 aliphatic rings. The molecule has 1 saturated heterocycles. The summed E-state index contributed by atoms with van der Waals surface area (Å²) in [6.07, 6.45) is 0.0221. The monoisotopic (exact) mass is 408 g/mol. The SMILES string of the molecule is CCC(=O)Nc1ccc(S(=O)(=O)N2CCO[C@H](c3ccc(Cl)cc3)C2)cc1. The van der Waals surface area contributed by atoms with E-state index >= 15 is 0 Å². The van der Waals surface area contributed by atoms with Crippen LogP contribution in [0.25, 0.3) is 0 Å². The molecule has 1 fully saturated rings. The molecule has 0 bridgehead atoms. The zero-order valence-electron chi connectivity index (χ0n) is 14.9. The lowest BCUT2D eigenvalue weighted by atomic mass is 10.1. The zero-order valence-corrected chi connectivity index (χ0v) is 16.5. The van der Waals surface area contributed by atoms with Crippen LogP contribution in [0.15, 0.2) is 53.4 Å². The van der Waals surface area contributed by atoms with Crippen LogP contribution < -0.4 is 5.32 Å². The summed E-state index contributed by atoms with van der Waals surface area (Å²) in [5.74, 6) is -0.121. The Kier molecular flexibility index (Phi) is 6.16. The van der Waals surface area contributed by atoms with Gasteiger partial charge in [-0.15, -0.1) is 0 Å². The topological polar surface area (TPSA) is 75.7 Å². The Hall–Kier alpha value is -1.93. The highest BCUT2D eigenvalue weighted by atomic mass is 35.5. The fourth-order valence-electron chi connectivity index (χ4n) is 2.83. The molecule has 0 aliphatic carbocycles. The molecule has 6 nitrogen and oxygen atoms in total. The van der Waals surface area contributed by atoms with Crippen molar-refractivity contribution >= 4 is 33.2 Å². The molecule has 2 aromatic rings. The van der Waals surface area contributed by atoms with Crippen molar-refractivity contribution in [2.24, 2.45) is 0 Å². The van der Waals surface area contributed by atoms with Crippen LogP contribution in [0.3, 0.4) is 0 Å². The third kappa shape index (κ3) is 4.68. The minimum absolute atomic E-state index is 0.121. The second kappa shape index (κ2) is 8.39. The van der Waals surface area contributed by atoms with Crippen molar-refractivity contribution in [1.82, 2.24) is 4.31 Å². The molecule has 0 spiro atoms. The molecule has 0 radical (unpaired) electrons. The summed E-state index contributed by atoms with van der Waals surface area (Å²) in [6.45, 7) is 2.60. The van der Waals surface area contributed by atoms with Gasteiger partial charge >= 0.3 is 0 Å². The first-order valence-electron chi connectivity index (χ1n) is 8.67. The van der Waals surface area contributed by atoms with Crippen molar-refractivity contribution in [1.29, 1.82) is 0 Å². The fraction of sp³-hybridized carbons (Fsp3) is 0.316. The number of nitrogens with zero attached hydrogens (tertiary/aromatic N) is 1. The Morgan fingerprint density at radius 2 is 1.85 bits per heavy atom. The standard InChI is InChI=1S/C19H21ClN2O4S/c1-2-19(23)21-16-7-9-17(10-8-16)27(24,25)22-11-12-26-18(13-22)14-3-5-15(20)6-4-14/h3-10,18H,2,11-13H2,1H3,(H,21,23)/t18-/m0/s1. The molecule has 8 heteroatoms. The molecular weight excluding hydrogens is 388 g/mol. The van der Waals surface area contributed by atoms with Crippen LogP contribution in [-0.4, -0.2) is 38.3 Å². The summed E-state index contributed by atoms with van der Waals surface area (Å²) < 4.78 is 33.1. The molecule has 1 N–H and O–H groups in total. The molecule has 0 aromatic heterocycles. The highest BCUT2D eigenvalue weighted by Gasteiger charge is 2.31. The minimum Gasteiger partial charge on any atom is -0.371 e. The first-order valence-corrected chi connectivity index (χ1v) is 10.5. The van der Waals surface area contributed by atoms with Gasteiger partial charge in [-0.25, -0.2) is 8.42 Å². The number of anilines is 1. The van der Waals surface area contributed by atoms with E-state index < -0.39 is 10.0 Å².